The van der Waals surface area contributed by atoms with E-state index in [4.69, 9.17) is 4.98 Å². The summed E-state index contributed by atoms with van der Waals surface area (Å²) in [6.07, 6.45) is 0.858. The Kier molecular flexibility index (Phi) is 3.75. The van der Waals surface area contributed by atoms with Crippen LogP contribution in [0, 0.1) is 0 Å². The van der Waals surface area contributed by atoms with Crippen LogP contribution in [0.5, 0.6) is 0 Å². The van der Waals surface area contributed by atoms with E-state index in [2.05, 4.69) is 41.7 Å². The van der Waals surface area contributed by atoms with Crippen molar-refractivity contribution in [3.63, 3.8) is 0 Å². The molecule has 118 valence electrons. The molecule has 0 aromatic heterocycles. The molecular formula is C20H16N2OS. The molecule has 2 aromatic rings. The van der Waals surface area contributed by atoms with E-state index in [0.717, 1.165) is 32.9 Å². The monoisotopic (exact) mass is 332 g/mol. The van der Waals surface area contributed by atoms with Crippen LogP contribution in [-0.2, 0) is 6.42 Å². The van der Waals surface area contributed by atoms with E-state index in [-0.39, 0.29) is 5.43 Å². The standard InChI is InChI=1S/C20H16N2OS/c1-21-17-12-20-18(10-14(17)9-13-5-3-2-4-6-13)22-16-8-7-15(23)11-19(16)24-20/h2-8,10-12,21H,9H2,1H3. The number of benzene rings is 3. The van der Waals surface area contributed by atoms with Gasteiger partial charge in [0.05, 0.1) is 20.8 Å². The van der Waals surface area contributed by atoms with Crippen LogP contribution >= 0.6 is 11.3 Å². The molecule has 1 heterocycles. The first kappa shape index (κ1) is 14.8. The Morgan fingerprint density at radius 1 is 1.04 bits per heavy atom. The molecule has 1 N–H and O–H groups in total. The fraction of sp³-hybridized carbons (Fsp3) is 0.100. The van der Waals surface area contributed by atoms with Gasteiger partial charge in [0.15, 0.2) is 5.43 Å². The van der Waals surface area contributed by atoms with Crippen LogP contribution in [0.15, 0.2) is 65.5 Å². The molecule has 1 aliphatic heterocycles. The fourth-order valence-electron chi connectivity index (χ4n) is 2.89. The third kappa shape index (κ3) is 2.76. The first-order valence-corrected chi connectivity index (χ1v) is 8.64. The number of hydrogen-bond donors (Lipinski definition) is 1. The zero-order valence-electron chi connectivity index (χ0n) is 13.2. The Hall–Kier alpha value is -2.72. The molecule has 0 bridgehead atoms. The van der Waals surface area contributed by atoms with E-state index >= 15 is 0 Å². The zero-order chi connectivity index (χ0) is 16.5. The van der Waals surface area contributed by atoms with Crippen molar-refractivity contribution >= 4 is 27.2 Å². The molecule has 4 rings (SSSR count). The van der Waals surface area contributed by atoms with Gasteiger partial charge in [0, 0.05) is 18.8 Å². The summed E-state index contributed by atoms with van der Waals surface area (Å²) in [6, 6.07) is 19.7. The number of rotatable bonds is 3. The SMILES string of the molecule is CNc1cc2sc3cc(=O)ccc-3nc2cc1Cc1ccccc1. The lowest BCUT2D eigenvalue weighted by Crippen LogP contribution is -2.00. The molecular weight excluding hydrogens is 316 g/mol. The number of hydrogen-bond acceptors (Lipinski definition) is 4. The van der Waals surface area contributed by atoms with E-state index in [9.17, 15) is 4.79 Å². The zero-order valence-corrected chi connectivity index (χ0v) is 14.1. The Morgan fingerprint density at radius 3 is 2.67 bits per heavy atom. The highest BCUT2D eigenvalue weighted by Gasteiger charge is 2.11. The van der Waals surface area contributed by atoms with Gasteiger partial charge in [-0.05, 0) is 41.8 Å². The van der Waals surface area contributed by atoms with Crippen molar-refractivity contribution in [2.75, 3.05) is 12.4 Å². The van der Waals surface area contributed by atoms with Gasteiger partial charge in [-0.15, -0.1) is 11.3 Å². The second kappa shape index (κ2) is 6.06. The molecule has 2 aromatic carbocycles. The second-order valence-corrected chi connectivity index (χ2v) is 6.82. The van der Waals surface area contributed by atoms with Crippen LogP contribution in [0.25, 0.3) is 20.8 Å². The topological polar surface area (TPSA) is 42.0 Å². The minimum atomic E-state index is 0.0226. The maximum Gasteiger partial charge on any atom is 0.180 e. The molecule has 24 heavy (non-hydrogen) atoms. The molecule has 0 amide bonds. The summed E-state index contributed by atoms with van der Waals surface area (Å²) in [5, 5.41) is 3.28. The Bertz CT molecular complexity index is 1040. The minimum Gasteiger partial charge on any atom is -0.388 e. The Labute approximate surface area is 144 Å². The highest BCUT2D eigenvalue weighted by atomic mass is 32.1. The van der Waals surface area contributed by atoms with Crippen LogP contribution in [0.1, 0.15) is 11.1 Å². The number of nitrogens with zero attached hydrogens (tertiary/aromatic N) is 1. The molecule has 1 aliphatic carbocycles. The third-order valence-electron chi connectivity index (χ3n) is 4.08. The van der Waals surface area contributed by atoms with Crippen molar-refractivity contribution in [3.05, 3.63) is 82.0 Å². The number of nitrogens with one attached hydrogen (secondary N) is 1. The van der Waals surface area contributed by atoms with Crippen molar-refractivity contribution in [3.8, 4) is 10.6 Å². The van der Waals surface area contributed by atoms with Crippen molar-refractivity contribution in [1.29, 1.82) is 0 Å². The maximum absolute atomic E-state index is 11.6. The second-order valence-electron chi connectivity index (χ2n) is 5.73. The molecule has 4 heteroatoms. The van der Waals surface area contributed by atoms with E-state index < -0.39 is 0 Å². The average molecular weight is 332 g/mol. The third-order valence-corrected chi connectivity index (χ3v) is 5.18. The van der Waals surface area contributed by atoms with Crippen LogP contribution in [0.4, 0.5) is 5.69 Å². The molecule has 2 aliphatic rings. The highest BCUT2D eigenvalue weighted by Crippen LogP contribution is 2.33. The average Bonchev–Trinajstić information content (AvgIpc) is 2.60. The van der Waals surface area contributed by atoms with E-state index in [1.54, 1.807) is 29.5 Å². The smallest absolute Gasteiger partial charge is 0.180 e. The molecule has 0 atom stereocenters. The Morgan fingerprint density at radius 2 is 1.88 bits per heavy atom. The van der Waals surface area contributed by atoms with Crippen molar-refractivity contribution < 1.29 is 0 Å². The van der Waals surface area contributed by atoms with E-state index in [1.165, 1.54) is 11.1 Å². The number of aromatic nitrogens is 1. The van der Waals surface area contributed by atoms with Gasteiger partial charge in [0.25, 0.3) is 0 Å². The van der Waals surface area contributed by atoms with Crippen LogP contribution in [0.2, 0.25) is 0 Å². The lowest BCUT2D eigenvalue weighted by Gasteiger charge is -2.12. The summed E-state index contributed by atoms with van der Waals surface area (Å²) < 4.78 is 1.08. The molecule has 0 spiro atoms. The van der Waals surface area contributed by atoms with Crippen LogP contribution < -0.4 is 10.7 Å². The highest BCUT2D eigenvalue weighted by molar-refractivity contribution is 7.21. The van der Waals surface area contributed by atoms with Gasteiger partial charge >= 0.3 is 0 Å². The maximum atomic E-state index is 11.6. The lowest BCUT2D eigenvalue weighted by atomic mass is 10.0. The molecule has 0 saturated carbocycles. The summed E-state index contributed by atoms with van der Waals surface area (Å²) in [7, 11) is 1.94. The van der Waals surface area contributed by atoms with Gasteiger partial charge in [-0.3, -0.25) is 4.79 Å². The molecule has 0 fully saturated rings. The largest absolute Gasteiger partial charge is 0.388 e. The van der Waals surface area contributed by atoms with Crippen molar-refractivity contribution in [1.82, 2.24) is 4.98 Å². The van der Waals surface area contributed by atoms with Crippen LogP contribution in [-0.4, -0.2) is 12.0 Å². The summed E-state index contributed by atoms with van der Waals surface area (Å²) >= 11 is 1.61. The van der Waals surface area contributed by atoms with Gasteiger partial charge in [0.1, 0.15) is 0 Å². The summed E-state index contributed by atoms with van der Waals surface area (Å²) in [5.41, 5.74) is 5.45. The van der Waals surface area contributed by atoms with E-state index in [1.807, 2.05) is 13.1 Å². The van der Waals surface area contributed by atoms with Gasteiger partial charge in [-0.25, -0.2) is 4.98 Å². The summed E-state index contributed by atoms with van der Waals surface area (Å²) in [5.74, 6) is 0. The number of fused-ring (bicyclic) bond motifs is 2. The predicted molar refractivity (Wildman–Crippen MR) is 101 cm³/mol. The fourth-order valence-corrected chi connectivity index (χ4v) is 3.91. The van der Waals surface area contributed by atoms with Crippen molar-refractivity contribution in [2.45, 2.75) is 6.42 Å². The Balaban J connectivity index is 1.88. The van der Waals surface area contributed by atoms with Crippen LogP contribution in [0.3, 0.4) is 0 Å². The predicted octanol–water partition coefficient (Wildman–Crippen LogP) is 4.39. The molecule has 0 unspecified atom stereocenters. The molecule has 3 nitrogen and oxygen atoms in total. The lowest BCUT2D eigenvalue weighted by molar-refractivity contribution is 1.19. The molecule has 0 saturated heterocycles. The van der Waals surface area contributed by atoms with Gasteiger partial charge < -0.3 is 5.32 Å². The minimum absolute atomic E-state index is 0.0226. The summed E-state index contributed by atoms with van der Waals surface area (Å²) in [6.45, 7) is 0. The first-order valence-electron chi connectivity index (χ1n) is 7.82. The van der Waals surface area contributed by atoms with Gasteiger partial charge in [0.2, 0.25) is 0 Å². The first-order chi connectivity index (χ1) is 11.7. The normalized spacial score (nSPS) is 11.0. The van der Waals surface area contributed by atoms with E-state index in [0.29, 0.717) is 0 Å². The van der Waals surface area contributed by atoms with Gasteiger partial charge in [-0.2, -0.15) is 0 Å². The number of anilines is 1. The van der Waals surface area contributed by atoms with Crippen molar-refractivity contribution in [2.24, 2.45) is 0 Å². The van der Waals surface area contributed by atoms with Gasteiger partial charge in [-0.1, -0.05) is 30.3 Å². The summed E-state index contributed by atoms with van der Waals surface area (Å²) in [4.78, 5) is 17.2. The quantitative estimate of drug-likeness (QED) is 0.566. The molecule has 0 radical (unpaired) electrons.